The Kier molecular flexibility index (Phi) is 6.14. The van der Waals surface area contributed by atoms with Crippen LogP contribution in [0.25, 0.3) is 5.82 Å². The number of benzene rings is 1. The maximum atomic E-state index is 13.3. The van der Waals surface area contributed by atoms with Crippen molar-refractivity contribution in [2.45, 2.75) is 19.4 Å². The van der Waals surface area contributed by atoms with Gasteiger partial charge in [-0.2, -0.15) is 0 Å². The maximum Gasteiger partial charge on any atom is 0.170 e. The number of carbonyl (C=O) groups is 1. The molecular weight excluding hydrogens is 378 g/mol. The van der Waals surface area contributed by atoms with Gasteiger partial charge in [0.25, 0.3) is 0 Å². The zero-order valence-corrected chi connectivity index (χ0v) is 17.5. The Labute approximate surface area is 177 Å². The maximum absolute atomic E-state index is 13.3. The Bertz CT molecular complexity index is 1000. The second-order valence-corrected chi connectivity index (χ2v) is 7.56. The topological polar surface area (TPSA) is 56.6 Å². The van der Waals surface area contributed by atoms with Gasteiger partial charge < -0.3 is 14.0 Å². The first-order chi connectivity index (χ1) is 14.7. The molecule has 1 aliphatic heterocycles. The molecule has 6 heteroatoms. The molecule has 1 aromatic carbocycles. The molecule has 0 aliphatic carbocycles. The van der Waals surface area contributed by atoms with Gasteiger partial charge in [-0.1, -0.05) is 6.07 Å². The highest BCUT2D eigenvalue weighted by Gasteiger charge is 2.29. The van der Waals surface area contributed by atoms with Gasteiger partial charge >= 0.3 is 0 Å². The molecule has 1 saturated heterocycles. The Morgan fingerprint density at radius 1 is 1.13 bits per heavy atom. The van der Waals surface area contributed by atoms with Gasteiger partial charge in [-0.25, -0.2) is 4.98 Å². The van der Waals surface area contributed by atoms with Crippen molar-refractivity contribution >= 4 is 5.78 Å². The van der Waals surface area contributed by atoms with Gasteiger partial charge in [0.15, 0.2) is 5.78 Å². The number of piperidine rings is 1. The van der Waals surface area contributed by atoms with E-state index in [9.17, 15) is 4.79 Å². The first kappa shape index (κ1) is 20.2. The Hall–Kier alpha value is -3.12. The summed E-state index contributed by atoms with van der Waals surface area (Å²) in [6.45, 7) is 2.51. The summed E-state index contributed by atoms with van der Waals surface area (Å²) in [5.74, 6) is 2.26. The molecule has 0 bridgehead atoms. The van der Waals surface area contributed by atoms with Crippen molar-refractivity contribution in [1.82, 2.24) is 14.5 Å². The predicted octanol–water partition coefficient (Wildman–Crippen LogP) is 3.98. The largest absolute Gasteiger partial charge is 0.497 e. The lowest BCUT2D eigenvalue weighted by Crippen LogP contribution is -2.38. The summed E-state index contributed by atoms with van der Waals surface area (Å²) in [7, 11) is 3.20. The van der Waals surface area contributed by atoms with E-state index in [0.29, 0.717) is 17.1 Å². The van der Waals surface area contributed by atoms with Crippen molar-refractivity contribution in [3.05, 3.63) is 72.2 Å². The van der Waals surface area contributed by atoms with E-state index in [1.165, 1.54) is 5.69 Å². The van der Waals surface area contributed by atoms with Crippen molar-refractivity contribution in [2.75, 3.05) is 27.3 Å². The molecule has 2 aromatic heterocycles. The SMILES string of the molecule is COc1ccc(C(=O)[C@H]2CCCN(Cc3cccn3-c3ccccn3)C2)c(OC)c1. The number of methoxy groups -OCH3 is 2. The molecular formula is C24H27N3O3. The molecule has 1 aliphatic rings. The van der Waals surface area contributed by atoms with Crippen LogP contribution < -0.4 is 9.47 Å². The second-order valence-electron chi connectivity index (χ2n) is 7.56. The molecule has 1 atom stereocenters. The van der Waals surface area contributed by atoms with E-state index in [4.69, 9.17) is 9.47 Å². The van der Waals surface area contributed by atoms with E-state index >= 15 is 0 Å². The van der Waals surface area contributed by atoms with Gasteiger partial charge in [0.1, 0.15) is 17.3 Å². The monoisotopic (exact) mass is 405 g/mol. The van der Waals surface area contributed by atoms with Crippen LogP contribution in [0.2, 0.25) is 0 Å². The summed E-state index contributed by atoms with van der Waals surface area (Å²) in [6.07, 6.45) is 5.73. The summed E-state index contributed by atoms with van der Waals surface area (Å²) in [5, 5.41) is 0. The number of ether oxygens (including phenoxy) is 2. The fourth-order valence-electron chi connectivity index (χ4n) is 4.13. The van der Waals surface area contributed by atoms with Crippen LogP contribution in [-0.4, -0.2) is 47.5 Å². The Morgan fingerprint density at radius 3 is 2.80 bits per heavy atom. The first-order valence-electron chi connectivity index (χ1n) is 10.3. The van der Waals surface area contributed by atoms with Crippen LogP contribution >= 0.6 is 0 Å². The van der Waals surface area contributed by atoms with Crippen LogP contribution in [0.15, 0.2) is 60.9 Å². The normalized spacial score (nSPS) is 16.9. The molecule has 0 unspecified atom stereocenters. The summed E-state index contributed by atoms with van der Waals surface area (Å²) >= 11 is 0. The molecule has 0 spiro atoms. The quantitative estimate of drug-likeness (QED) is 0.557. The lowest BCUT2D eigenvalue weighted by molar-refractivity contribution is 0.0806. The summed E-state index contributed by atoms with van der Waals surface area (Å²) in [4.78, 5) is 20.1. The lowest BCUT2D eigenvalue weighted by Gasteiger charge is -2.32. The smallest absolute Gasteiger partial charge is 0.170 e. The minimum atomic E-state index is -0.0423. The molecule has 6 nitrogen and oxygen atoms in total. The van der Waals surface area contributed by atoms with Gasteiger partial charge in [0.05, 0.1) is 19.8 Å². The van der Waals surface area contributed by atoms with E-state index in [2.05, 4.69) is 20.5 Å². The Morgan fingerprint density at radius 2 is 2.03 bits per heavy atom. The lowest BCUT2D eigenvalue weighted by atomic mass is 9.89. The zero-order valence-electron chi connectivity index (χ0n) is 17.5. The molecule has 30 heavy (non-hydrogen) atoms. The minimum Gasteiger partial charge on any atom is -0.497 e. The van der Waals surface area contributed by atoms with Crippen LogP contribution in [0, 0.1) is 5.92 Å². The predicted molar refractivity (Wildman–Crippen MR) is 115 cm³/mol. The highest BCUT2D eigenvalue weighted by atomic mass is 16.5. The van der Waals surface area contributed by atoms with Gasteiger partial charge in [-0.15, -0.1) is 0 Å². The summed E-state index contributed by atoms with van der Waals surface area (Å²) < 4.78 is 12.8. The Balaban J connectivity index is 1.48. The van der Waals surface area contributed by atoms with E-state index < -0.39 is 0 Å². The van der Waals surface area contributed by atoms with Crippen LogP contribution in [0.5, 0.6) is 11.5 Å². The molecule has 0 amide bonds. The summed E-state index contributed by atoms with van der Waals surface area (Å²) in [5.41, 5.74) is 1.80. The van der Waals surface area contributed by atoms with Crippen molar-refractivity contribution in [2.24, 2.45) is 5.92 Å². The number of carbonyl (C=O) groups excluding carboxylic acids is 1. The minimum absolute atomic E-state index is 0.0423. The number of hydrogen-bond acceptors (Lipinski definition) is 5. The first-order valence-corrected chi connectivity index (χ1v) is 10.3. The van der Waals surface area contributed by atoms with Gasteiger partial charge in [-0.05, 0) is 55.8 Å². The standard InChI is InChI=1S/C24H27N3O3/c1-29-20-10-11-21(22(15-20)30-2)24(28)18-7-5-13-26(16-18)17-19-8-6-14-27(19)23-9-3-4-12-25-23/h3-4,6,8-12,14-15,18H,5,7,13,16-17H2,1-2H3/t18-/m0/s1. The number of ketones is 1. The highest BCUT2D eigenvalue weighted by Crippen LogP contribution is 2.30. The average molecular weight is 405 g/mol. The van der Waals surface area contributed by atoms with Gasteiger partial charge in [-0.3, -0.25) is 9.69 Å². The fourth-order valence-corrected chi connectivity index (χ4v) is 4.13. The fraction of sp³-hybridized carbons (Fsp3) is 0.333. The number of rotatable bonds is 7. The third kappa shape index (κ3) is 4.24. The van der Waals surface area contributed by atoms with Crippen LogP contribution in [0.4, 0.5) is 0 Å². The number of Topliss-reactive ketones (excluding diaryl/α,β-unsaturated/α-hetero) is 1. The molecule has 156 valence electrons. The van der Waals surface area contributed by atoms with E-state index in [0.717, 1.165) is 38.3 Å². The van der Waals surface area contributed by atoms with Crippen molar-refractivity contribution in [3.8, 4) is 17.3 Å². The number of hydrogen-bond donors (Lipinski definition) is 0. The number of nitrogens with zero attached hydrogens (tertiary/aromatic N) is 3. The molecule has 3 heterocycles. The van der Waals surface area contributed by atoms with Crippen LogP contribution in [-0.2, 0) is 6.54 Å². The number of likely N-dealkylation sites (tertiary alicyclic amines) is 1. The highest BCUT2D eigenvalue weighted by molar-refractivity contribution is 6.00. The molecule has 0 N–H and O–H groups in total. The average Bonchev–Trinajstić information content (AvgIpc) is 3.27. The van der Waals surface area contributed by atoms with Crippen LogP contribution in [0.3, 0.4) is 0 Å². The van der Waals surface area contributed by atoms with E-state index in [-0.39, 0.29) is 11.7 Å². The van der Waals surface area contributed by atoms with Crippen molar-refractivity contribution in [3.63, 3.8) is 0 Å². The molecule has 1 fully saturated rings. The van der Waals surface area contributed by atoms with E-state index in [1.807, 2.05) is 42.6 Å². The van der Waals surface area contributed by atoms with Crippen LogP contribution in [0.1, 0.15) is 28.9 Å². The molecule has 4 rings (SSSR count). The second kappa shape index (κ2) is 9.13. The third-order valence-corrected chi connectivity index (χ3v) is 5.67. The van der Waals surface area contributed by atoms with Crippen molar-refractivity contribution in [1.29, 1.82) is 0 Å². The van der Waals surface area contributed by atoms with Gasteiger partial charge in [0, 0.05) is 43.2 Å². The molecule has 0 saturated carbocycles. The third-order valence-electron chi connectivity index (χ3n) is 5.67. The van der Waals surface area contributed by atoms with Crippen molar-refractivity contribution < 1.29 is 14.3 Å². The van der Waals surface area contributed by atoms with Gasteiger partial charge in [0.2, 0.25) is 0 Å². The summed E-state index contributed by atoms with van der Waals surface area (Å²) in [6, 6.07) is 15.5. The number of pyridine rings is 1. The molecule has 0 radical (unpaired) electrons. The number of aromatic nitrogens is 2. The zero-order chi connectivity index (χ0) is 20.9. The van der Waals surface area contributed by atoms with E-state index in [1.54, 1.807) is 26.5 Å². The molecule has 3 aromatic rings.